The van der Waals surface area contributed by atoms with Crippen molar-refractivity contribution >= 4 is 17.3 Å². The minimum Gasteiger partial charge on any atom is -0.491 e. The maximum Gasteiger partial charge on any atom is 0.191 e. The topological polar surface area (TPSA) is 58.5 Å². The highest BCUT2D eigenvalue weighted by Crippen LogP contribution is 2.17. The molecule has 1 aromatic heterocycles. The molecule has 1 aromatic carbocycles. The van der Waals surface area contributed by atoms with Crippen LogP contribution in [0.4, 0.5) is 0 Å². The van der Waals surface area contributed by atoms with Gasteiger partial charge in [-0.2, -0.15) is 0 Å². The summed E-state index contributed by atoms with van der Waals surface area (Å²) in [6.45, 7) is 8.30. The lowest BCUT2D eigenvalue weighted by molar-refractivity contribution is 0.320. The number of aryl methyl sites for hydroxylation is 1. The van der Waals surface area contributed by atoms with Crippen molar-refractivity contribution in [1.29, 1.82) is 0 Å². The zero-order valence-corrected chi connectivity index (χ0v) is 15.6. The van der Waals surface area contributed by atoms with Crippen LogP contribution in [-0.4, -0.2) is 31.1 Å². The highest BCUT2D eigenvalue weighted by Gasteiger charge is 2.06. The van der Waals surface area contributed by atoms with Crippen LogP contribution in [0.2, 0.25) is 0 Å². The number of thiazole rings is 1. The molecule has 0 aliphatic heterocycles. The van der Waals surface area contributed by atoms with Crippen LogP contribution >= 0.6 is 11.3 Å². The minimum atomic E-state index is 0.464. The highest BCUT2D eigenvalue weighted by atomic mass is 32.1. The fourth-order valence-electron chi connectivity index (χ4n) is 2.10. The fraction of sp³-hybridized carbons (Fsp3) is 0.444. The van der Waals surface area contributed by atoms with Crippen LogP contribution in [0, 0.1) is 6.92 Å². The average molecular weight is 347 g/mol. The van der Waals surface area contributed by atoms with E-state index in [1.807, 2.05) is 31.2 Å². The summed E-state index contributed by atoms with van der Waals surface area (Å²) in [7, 11) is 1.76. The van der Waals surface area contributed by atoms with E-state index >= 15 is 0 Å². The number of hydrogen-bond donors (Lipinski definition) is 2. The third kappa shape index (κ3) is 5.53. The lowest BCUT2D eigenvalue weighted by Crippen LogP contribution is -2.38. The summed E-state index contributed by atoms with van der Waals surface area (Å²) in [4.78, 5) is 8.83. The molecule has 2 rings (SSSR count). The number of benzene rings is 1. The molecule has 0 spiro atoms. The number of rotatable bonds is 7. The van der Waals surface area contributed by atoms with Crippen molar-refractivity contribution < 1.29 is 4.74 Å². The average Bonchev–Trinajstić information content (AvgIpc) is 3.05. The van der Waals surface area contributed by atoms with E-state index in [1.54, 1.807) is 18.4 Å². The predicted octanol–water partition coefficient (Wildman–Crippen LogP) is 3.32. The van der Waals surface area contributed by atoms with Crippen LogP contribution in [0.5, 0.6) is 5.75 Å². The largest absolute Gasteiger partial charge is 0.491 e. The lowest BCUT2D eigenvalue weighted by atomic mass is 10.2. The molecule has 0 saturated carbocycles. The van der Waals surface area contributed by atoms with Gasteiger partial charge in [-0.05, 0) is 24.5 Å². The number of para-hydroxylation sites is 1. The first-order chi connectivity index (χ1) is 11.6. The summed E-state index contributed by atoms with van der Waals surface area (Å²) in [6, 6.07) is 8.02. The molecule has 0 bridgehead atoms. The molecule has 0 radical (unpaired) electrons. The van der Waals surface area contributed by atoms with E-state index in [-0.39, 0.29) is 0 Å². The Balaban J connectivity index is 1.71. The molecule has 130 valence electrons. The summed E-state index contributed by atoms with van der Waals surface area (Å²) >= 11 is 1.68. The number of aliphatic imine (C=N–C) groups is 1. The Morgan fingerprint density at radius 1 is 1.29 bits per heavy atom. The van der Waals surface area contributed by atoms with E-state index in [0.717, 1.165) is 28.0 Å². The first-order valence-electron chi connectivity index (χ1n) is 8.17. The van der Waals surface area contributed by atoms with Gasteiger partial charge in [0.25, 0.3) is 0 Å². The normalized spacial score (nSPS) is 11.6. The molecule has 24 heavy (non-hydrogen) atoms. The second kappa shape index (κ2) is 9.27. The molecule has 5 nitrogen and oxygen atoms in total. The molecule has 1 heterocycles. The SMILES string of the molecule is CN=C(NCCOc1ccccc1C)NCc1nc(C(C)C)cs1. The van der Waals surface area contributed by atoms with Gasteiger partial charge in [-0.15, -0.1) is 11.3 Å². The molecule has 0 fully saturated rings. The van der Waals surface area contributed by atoms with Crippen molar-refractivity contribution in [3.05, 3.63) is 45.9 Å². The second-order valence-electron chi connectivity index (χ2n) is 5.79. The summed E-state index contributed by atoms with van der Waals surface area (Å²) < 4.78 is 5.77. The monoisotopic (exact) mass is 346 g/mol. The van der Waals surface area contributed by atoms with Gasteiger partial charge in [-0.25, -0.2) is 4.98 Å². The van der Waals surface area contributed by atoms with Crippen molar-refractivity contribution in [2.45, 2.75) is 33.2 Å². The fourth-order valence-corrected chi connectivity index (χ4v) is 3.00. The van der Waals surface area contributed by atoms with Crippen LogP contribution in [0.3, 0.4) is 0 Å². The summed E-state index contributed by atoms with van der Waals surface area (Å²) in [5.74, 6) is 2.14. The number of ether oxygens (including phenoxy) is 1. The van der Waals surface area contributed by atoms with Crippen molar-refractivity contribution in [2.75, 3.05) is 20.2 Å². The molecule has 0 aliphatic rings. The Kier molecular flexibility index (Phi) is 7.06. The van der Waals surface area contributed by atoms with Crippen LogP contribution in [0.1, 0.15) is 36.0 Å². The first-order valence-corrected chi connectivity index (χ1v) is 9.05. The second-order valence-corrected chi connectivity index (χ2v) is 6.73. The molecule has 6 heteroatoms. The van der Waals surface area contributed by atoms with Crippen molar-refractivity contribution in [3.63, 3.8) is 0 Å². The van der Waals surface area contributed by atoms with E-state index in [0.29, 0.717) is 25.6 Å². The zero-order chi connectivity index (χ0) is 17.4. The molecule has 0 amide bonds. The molecule has 2 N–H and O–H groups in total. The van der Waals surface area contributed by atoms with E-state index in [2.05, 4.69) is 39.8 Å². The smallest absolute Gasteiger partial charge is 0.191 e. The van der Waals surface area contributed by atoms with E-state index in [4.69, 9.17) is 4.74 Å². The van der Waals surface area contributed by atoms with Crippen LogP contribution in [-0.2, 0) is 6.54 Å². The van der Waals surface area contributed by atoms with Gasteiger partial charge in [-0.1, -0.05) is 32.0 Å². The number of nitrogens with one attached hydrogen (secondary N) is 2. The minimum absolute atomic E-state index is 0.464. The van der Waals surface area contributed by atoms with Gasteiger partial charge < -0.3 is 15.4 Å². The molecule has 0 unspecified atom stereocenters. The summed E-state index contributed by atoms with van der Waals surface area (Å²) in [5.41, 5.74) is 2.29. The third-order valence-corrected chi connectivity index (χ3v) is 4.40. The van der Waals surface area contributed by atoms with Gasteiger partial charge in [-0.3, -0.25) is 4.99 Å². The van der Waals surface area contributed by atoms with Gasteiger partial charge in [0.2, 0.25) is 0 Å². The predicted molar refractivity (Wildman–Crippen MR) is 101 cm³/mol. The number of guanidine groups is 1. The molecular weight excluding hydrogens is 320 g/mol. The molecule has 2 aromatic rings. The quantitative estimate of drug-likeness (QED) is 0.459. The van der Waals surface area contributed by atoms with Crippen molar-refractivity contribution in [2.24, 2.45) is 4.99 Å². The van der Waals surface area contributed by atoms with Crippen molar-refractivity contribution in [3.8, 4) is 5.75 Å². The third-order valence-electron chi connectivity index (χ3n) is 3.54. The van der Waals surface area contributed by atoms with Gasteiger partial charge >= 0.3 is 0 Å². The van der Waals surface area contributed by atoms with Crippen LogP contribution in [0.15, 0.2) is 34.6 Å². The summed E-state index contributed by atoms with van der Waals surface area (Å²) in [5, 5.41) is 9.72. The Hall–Kier alpha value is -2.08. The maximum atomic E-state index is 5.77. The molecule has 0 atom stereocenters. The van der Waals surface area contributed by atoms with E-state index < -0.39 is 0 Å². The van der Waals surface area contributed by atoms with Crippen LogP contribution in [0.25, 0.3) is 0 Å². The van der Waals surface area contributed by atoms with E-state index in [9.17, 15) is 0 Å². The Labute approximate surface area is 148 Å². The number of aromatic nitrogens is 1. The standard InChI is InChI=1S/C18H26N4OS/c1-13(2)15-12-24-17(22-15)11-21-18(19-4)20-9-10-23-16-8-6-5-7-14(16)3/h5-8,12-13H,9-11H2,1-4H3,(H2,19,20,21). The van der Waals surface area contributed by atoms with E-state index in [1.165, 1.54) is 0 Å². The Bertz CT molecular complexity index is 667. The van der Waals surface area contributed by atoms with Crippen molar-refractivity contribution in [1.82, 2.24) is 15.6 Å². The Morgan fingerprint density at radius 2 is 2.08 bits per heavy atom. The maximum absolute atomic E-state index is 5.77. The Morgan fingerprint density at radius 3 is 2.75 bits per heavy atom. The van der Waals surface area contributed by atoms with Crippen LogP contribution < -0.4 is 15.4 Å². The highest BCUT2D eigenvalue weighted by molar-refractivity contribution is 7.09. The van der Waals surface area contributed by atoms with Gasteiger partial charge in [0, 0.05) is 12.4 Å². The zero-order valence-electron chi connectivity index (χ0n) is 14.8. The van der Waals surface area contributed by atoms with Gasteiger partial charge in [0.05, 0.1) is 18.8 Å². The summed E-state index contributed by atoms with van der Waals surface area (Å²) in [6.07, 6.45) is 0. The lowest BCUT2D eigenvalue weighted by Gasteiger charge is -2.12. The molecule has 0 aliphatic carbocycles. The molecular formula is C18H26N4OS. The molecule has 0 saturated heterocycles. The number of nitrogens with zero attached hydrogens (tertiary/aromatic N) is 2. The number of hydrogen-bond acceptors (Lipinski definition) is 4. The van der Waals surface area contributed by atoms with Gasteiger partial charge in [0.1, 0.15) is 17.4 Å². The van der Waals surface area contributed by atoms with Gasteiger partial charge in [0.15, 0.2) is 5.96 Å². The first kappa shape index (κ1) is 18.3.